The lowest BCUT2D eigenvalue weighted by Gasteiger charge is -2.19. The molecule has 4 heteroatoms. The topological polar surface area (TPSA) is 44.5 Å². The molecule has 2 N–H and O–H groups in total. The number of ether oxygens (including phenoxy) is 2. The summed E-state index contributed by atoms with van der Waals surface area (Å²) in [6.45, 7) is 3.27. The van der Waals surface area contributed by atoms with Crippen molar-refractivity contribution in [2.75, 3.05) is 13.2 Å². The second-order valence-electron chi connectivity index (χ2n) is 3.66. The smallest absolute Gasteiger partial charge is 0.161 e. The highest BCUT2D eigenvalue weighted by atomic mass is 35.5. The van der Waals surface area contributed by atoms with Crippen molar-refractivity contribution in [3.8, 4) is 11.5 Å². The minimum absolute atomic E-state index is 0. The van der Waals surface area contributed by atoms with Crippen LogP contribution in [0.3, 0.4) is 0 Å². The van der Waals surface area contributed by atoms with Gasteiger partial charge in [-0.3, -0.25) is 0 Å². The van der Waals surface area contributed by atoms with Gasteiger partial charge in [0.1, 0.15) is 13.2 Å². The molecule has 0 spiro atoms. The number of halogens is 1. The molecule has 0 saturated carbocycles. The van der Waals surface area contributed by atoms with Gasteiger partial charge in [0.15, 0.2) is 11.5 Å². The van der Waals surface area contributed by atoms with Gasteiger partial charge in [-0.25, -0.2) is 0 Å². The first-order chi connectivity index (χ1) is 6.75. The second-order valence-corrected chi connectivity index (χ2v) is 3.66. The summed E-state index contributed by atoms with van der Waals surface area (Å²) in [6, 6.07) is 6.18. The van der Waals surface area contributed by atoms with Crippen LogP contribution in [0, 0.1) is 0 Å². The van der Waals surface area contributed by atoms with Crippen LogP contribution >= 0.6 is 0 Å². The molecule has 1 aliphatic rings. The van der Waals surface area contributed by atoms with Gasteiger partial charge in [0.2, 0.25) is 0 Å². The van der Waals surface area contributed by atoms with Crippen LogP contribution in [0.15, 0.2) is 18.2 Å². The van der Waals surface area contributed by atoms with E-state index in [1.165, 1.54) is 5.56 Å². The molecule has 1 aliphatic heterocycles. The van der Waals surface area contributed by atoms with E-state index < -0.39 is 0 Å². The Morgan fingerprint density at radius 1 is 1.27 bits per heavy atom. The van der Waals surface area contributed by atoms with Gasteiger partial charge in [-0.2, -0.15) is 0 Å². The van der Waals surface area contributed by atoms with Crippen molar-refractivity contribution in [1.82, 2.24) is 0 Å². The molecule has 0 amide bonds. The Morgan fingerprint density at radius 3 is 2.60 bits per heavy atom. The number of fused-ring (bicyclic) bond motifs is 1. The average molecular weight is 229 g/mol. The third-order valence-corrected chi connectivity index (χ3v) is 2.16. The minimum Gasteiger partial charge on any atom is -1.00 e. The van der Waals surface area contributed by atoms with Crippen LogP contribution in [0.1, 0.15) is 12.5 Å². The van der Waals surface area contributed by atoms with Crippen molar-refractivity contribution >= 4 is 0 Å². The predicted molar refractivity (Wildman–Crippen MR) is 54.8 cm³/mol. The zero-order valence-electron chi connectivity index (χ0n) is 8.70. The summed E-state index contributed by atoms with van der Waals surface area (Å²) in [5, 5.41) is 0. The summed E-state index contributed by atoms with van der Waals surface area (Å²) in [6.07, 6.45) is 0.872. The first kappa shape index (κ1) is 12.1. The Balaban J connectivity index is 0.00000112. The Labute approximate surface area is 96.0 Å². The normalized spacial score (nSPS) is 15.3. The highest BCUT2D eigenvalue weighted by Gasteiger charge is 2.11. The number of benzene rings is 1. The van der Waals surface area contributed by atoms with Crippen LogP contribution in [-0.2, 0) is 6.42 Å². The van der Waals surface area contributed by atoms with E-state index in [9.17, 15) is 0 Å². The van der Waals surface area contributed by atoms with Crippen LogP contribution in [0.2, 0.25) is 0 Å². The van der Waals surface area contributed by atoms with Crippen molar-refractivity contribution in [1.29, 1.82) is 0 Å². The number of hydrogen-bond acceptors (Lipinski definition) is 3. The average Bonchev–Trinajstić information content (AvgIpc) is 2.17. The van der Waals surface area contributed by atoms with E-state index in [0.29, 0.717) is 13.2 Å². The first-order valence-corrected chi connectivity index (χ1v) is 4.90. The molecule has 2 rings (SSSR count). The van der Waals surface area contributed by atoms with Crippen molar-refractivity contribution in [3.63, 3.8) is 0 Å². The van der Waals surface area contributed by atoms with Crippen LogP contribution in [0.5, 0.6) is 11.5 Å². The molecule has 1 atom stereocenters. The van der Waals surface area contributed by atoms with Crippen LogP contribution in [0.25, 0.3) is 0 Å². The molecule has 0 fully saturated rings. The Kier molecular flexibility index (Phi) is 4.24. The van der Waals surface area contributed by atoms with Gasteiger partial charge in [0, 0.05) is 6.04 Å². The lowest BCUT2D eigenvalue weighted by atomic mass is 10.1. The zero-order valence-corrected chi connectivity index (χ0v) is 9.46. The summed E-state index contributed by atoms with van der Waals surface area (Å²) < 4.78 is 10.9. The van der Waals surface area contributed by atoms with Gasteiger partial charge >= 0.3 is 0 Å². The monoisotopic (exact) mass is 228 g/mol. The number of nitrogens with two attached hydrogens (primary N) is 1. The summed E-state index contributed by atoms with van der Waals surface area (Å²) in [5.74, 6) is 1.68. The quantitative estimate of drug-likeness (QED) is 0.660. The molecule has 3 nitrogen and oxygen atoms in total. The molecule has 0 aliphatic carbocycles. The van der Waals surface area contributed by atoms with E-state index in [1.54, 1.807) is 0 Å². The van der Waals surface area contributed by atoms with Crippen molar-refractivity contribution < 1.29 is 21.9 Å². The van der Waals surface area contributed by atoms with Gasteiger partial charge < -0.3 is 27.6 Å². The Hall–Kier alpha value is -0.930. The summed E-state index contributed by atoms with van der Waals surface area (Å²) >= 11 is 0. The van der Waals surface area contributed by atoms with E-state index in [-0.39, 0.29) is 18.4 Å². The third kappa shape index (κ3) is 3.01. The lowest BCUT2D eigenvalue weighted by Crippen LogP contribution is -3.00. The predicted octanol–water partition coefficient (Wildman–Crippen LogP) is -1.65. The maximum atomic E-state index is 5.73. The molecule has 0 bridgehead atoms. The maximum Gasteiger partial charge on any atom is 0.161 e. The largest absolute Gasteiger partial charge is 1.00 e. The van der Waals surface area contributed by atoms with E-state index >= 15 is 0 Å². The Bertz CT molecular complexity index is 328. The standard InChI is InChI=1S/C11H15NO2.ClH/c1-8(12)6-9-2-3-10-11(7-9)14-5-4-13-10;/h2-3,7-8H,4-6,12H2,1H3;1H/p-1. The molecule has 0 aromatic heterocycles. The molecular weight excluding hydrogens is 214 g/mol. The van der Waals surface area contributed by atoms with Gasteiger partial charge in [0.05, 0.1) is 0 Å². The summed E-state index contributed by atoms with van der Waals surface area (Å²) in [7, 11) is 0. The SMILES string of the molecule is CC(N)Cc1ccc2c(c1)OCCO2.[Cl-]. The van der Waals surface area contributed by atoms with E-state index in [4.69, 9.17) is 15.2 Å². The third-order valence-electron chi connectivity index (χ3n) is 2.16. The fourth-order valence-electron chi connectivity index (χ4n) is 1.59. The first-order valence-electron chi connectivity index (χ1n) is 4.90. The van der Waals surface area contributed by atoms with Crippen molar-refractivity contribution in [2.24, 2.45) is 5.73 Å². The fraction of sp³-hybridized carbons (Fsp3) is 0.455. The lowest BCUT2D eigenvalue weighted by molar-refractivity contribution is -0.00000376. The minimum atomic E-state index is 0. The molecule has 15 heavy (non-hydrogen) atoms. The van der Waals surface area contributed by atoms with Crippen molar-refractivity contribution in [2.45, 2.75) is 19.4 Å². The number of hydrogen-bond donors (Lipinski definition) is 1. The van der Waals surface area contributed by atoms with E-state index in [2.05, 4.69) is 0 Å². The maximum absolute atomic E-state index is 5.73. The highest BCUT2D eigenvalue weighted by molar-refractivity contribution is 5.43. The Morgan fingerprint density at radius 2 is 1.93 bits per heavy atom. The summed E-state index contributed by atoms with van der Waals surface area (Å²) in [5.41, 5.74) is 6.93. The molecule has 1 aromatic rings. The molecule has 84 valence electrons. The summed E-state index contributed by atoms with van der Waals surface area (Å²) in [4.78, 5) is 0. The molecule has 0 saturated heterocycles. The molecular formula is C11H15ClNO2-. The number of rotatable bonds is 2. The van der Waals surface area contributed by atoms with Gasteiger partial charge in [0.25, 0.3) is 0 Å². The second kappa shape index (κ2) is 5.24. The highest BCUT2D eigenvalue weighted by Crippen LogP contribution is 2.30. The van der Waals surface area contributed by atoms with E-state index in [0.717, 1.165) is 17.9 Å². The van der Waals surface area contributed by atoms with Crippen LogP contribution < -0.4 is 27.6 Å². The fourth-order valence-corrected chi connectivity index (χ4v) is 1.59. The molecule has 0 radical (unpaired) electrons. The van der Waals surface area contributed by atoms with Crippen molar-refractivity contribution in [3.05, 3.63) is 23.8 Å². The molecule has 1 heterocycles. The molecule has 1 aromatic carbocycles. The molecule has 1 unspecified atom stereocenters. The van der Waals surface area contributed by atoms with Gasteiger partial charge in [-0.15, -0.1) is 0 Å². The zero-order chi connectivity index (χ0) is 9.97. The van der Waals surface area contributed by atoms with Gasteiger partial charge in [-0.1, -0.05) is 6.07 Å². The van der Waals surface area contributed by atoms with Crippen LogP contribution in [0.4, 0.5) is 0 Å². The van der Waals surface area contributed by atoms with Gasteiger partial charge in [-0.05, 0) is 31.0 Å². The van der Waals surface area contributed by atoms with E-state index in [1.807, 2.05) is 25.1 Å². The van der Waals surface area contributed by atoms with Crippen LogP contribution in [-0.4, -0.2) is 19.3 Å².